The number of rotatable bonds is 1. The fraction of sp³-hybridized carbons (Fsp3) is 1.00. The molecule has 120 valence electrons. The van der Waals surface area contributed by atoms with E-state index >= 15 is 0 Å². The predicted molar refractivity (Wildman–Crippen MR) is 70.5 cm³/mol. The lowest BCUT2D eigenvalue weighted by Crippen LogP contribution is -2.70. The summed E-state index contributed by atoms with van der Waals surface area (Å²) in [5.74, 6) is 0.317. The van der Waals surface area contributed by atoms with Crippen molar-refractivity contribution in [2.24, 2.45) is 23.7 Å². The van der Waals surface area contributed by atoms with Gasteiger partial charge in [0.2, 0.25) is 5.79 Å². The van der Waals surface area contributed by atoms with Gasteiger partial charge in [-0.25, -0.2) is 19.9 Å². The number of hydrogen-bond donors (Lipinski definition) is 1. The Morgan fingerprint density at radius 2 is 1.90 bits per heavy atom. The van der Waals surface area contributed by atoms with Crippen molar-refractivity contribution < 1.29 is 29.4 Å². The first-order chi connectivity index (χ1) is 10.00. The Morgan fingerprint density at radius 3 is 2.67 bits per heavy atom. The second kappa shape index (κ2) is 4.63. The van der Waals surface area contributed by atoms with E-state index in [9.17, 15) is 0 Å². The highest BCUT2D eigenvalue weighted by Crippen LogP contribution is 2.60. The summed E-state index contributed by atoms with van der Waals surface area (Å²) in [5.41, 5.74) is -0.581. The van der Waals surface area contributed by atoms with Gasteiger partial charge < -0.3 is 9.47 Å². The molecule has 6 heteroatoms. The summed E-state index contributed by atoms with van der Waals surface area (Å²) in [6.07, 6.45) is 2.71. The van der Waals surface area contributed by atoms with E-state index in [1.165, 1.54) is 0 Å². The summed E-state index contributed by atoms with van der Waals surface area (Å²) in [4.78, 5) is 16.2. The molecule has 1 N–H and O–H groups in total. The van der Waals surface area contributed by atoms with Crippen molar-refractivity contribution in [1.29, 1.82) is 0 Å². The molecule has 2 unspecified atom stereocenters. The average Bonchev–Trinajstić information content (AvgIpc) is 2.69. The van der Waals surface area contributed by atoms with Gasteiger partial charge >= 0.3 is 0 Å². The molecule has 1 spiro atoms. The molecule has 0 amide bonds. The third-order valence-corrected chi connectivity index (χ3v) is 6.20. The molecule has 5 aliphatic rings. The summed E-state index contributed by atoms with van der Waals surface area (Å²) in [6, 6.07) is 0. The zero-order chi connectivity index (χ0) is 14.8. The molecule has 0 radical (unpaired) electrons. The molecule has 8 atom stereocenters. The Bertz CT molecular complexity index is 430. The van der Waals surface area contributed by atoms with Crippen LogP contribution in [0.15, 0.2) is 0 Å². The van der Waals surface area contributed by atoms with Crippen molar-refractivity contribution in [3.63, 3.8) is 0 Å². The minimum Gasteiger partial charge on any atom is -0.317 e. The van der Waals surface area contributed by atoms with E-state index in [4.69, 9.17) is 24.5 Å². The van der Waals surface area contributed by atoms with Crippen molar-refractivity contribution >= 4 is 0 Å². The topological polar surface area (TPSA) is 66.4 Å². The third-order valence-electron chi connectivity index (χ3n) is 6.20. The van der Waals surface area contributed by atoms with Crippen LogP contribution in [0.5, 0.6) is 0 Å². The summed E-state index contributed by atoms with van der Waals surface area (Å²) in [5, 5.41) is 9.15. The molecule has 0 aromatic rings. The number of fused-ring (bicyclic) bond motifs is 2. The lowest BCUT2D eigenvalue weighted by molar-refractivity contribution is -0.584. The van der Waals surface area contributed by atoms with Gasteiger partial charge in [-0.05, 0) is 38.0 Å². The summed E-state index contributed by atoms with van der Waals surface area (Å²) in [7, 11) is 0. The van der Waals surface area contributed by atoms with Crippen molar-refractivity contribution in [3.8, 4) is 0 Å². The van der Waals surface area contributed by atoms with Gasteiger partial charge in [-0.2, -0.15) is 0 Å². The molecule has 1 saturated carbocycles. The fourth-order valence-electron chi connectivity index (χ4n) is 4.99. The molecular weight excluding hydrogens is 276 g/mol. The molecule has 5 rings (SSSR count). The molecule has 4 heterocycles. The first-order valence-electron chi connectivity index (χ1n) is 8.00. The van der Waals surface area contributed by atoms with Crippen LogP contribution in [0.1, 0.15) is 46.5 Å². The third kappa shape index (κ3) is 1.81. The largest absolute Gasteiger partial charge is 0.317 e. The number of ether oxygens (including phenoxy) is 2. The Labute approximate surface area is 124 Å². The van der Waals surface area contributed by atoms with Crippen LogP contribution in [-0.2, 0) is 24.1 Å². The fourth-order valence-corrected chi connectivity index (χ4v) is 4.99. The van der Waals surface area contributed by atoms with E-state index < -0.39 is 24.0 Å². The molecule has 4 saturated heterocycles. The van der Waals surface area contributed by atoms with Gasteiger partial charge in [-0.3, -0.25) is 0 Å². The Kier molecular flexibility index (Phi) is 3.17. The zero-order valence-corrected chi connectivity index (χ0v) is 12.8. The number of hydrogen-bond acceptors (Lipinski definition) is 6. The van der Waals surface area contributed by atoms with Crippen LogP contribution >= 0.6 is 0 Å². The predicted octanol–water partition coefficient (Wildman–Crippen LogP) is 2.68. The van der Waals surface area contributed by atoms with Gasteiger partial charge in [-0.1, -0.05) is 13.8 Å². The molecular formula is C15H24O6. The maximum atomic E-state index is 9.15. The van der Waals surface area contributed by atoms with Gasteiger partial charge in [0.1, 0.15) is 0 Å². The van der Waals surface area contributed by atoms with E-state index in [1.807, 2.05) is 13.8 Å². The molecule has 6 nitrogen and oxygen atoms in total. The summed E-state index contributed by atoms with van der Waals surface area (Å²) < 4.78 is 12.0. The van der Waals surface area contributed by atoms with Crippen molar-refractivity contribution in [2.75, 3.05) is 0 Å². The van der Waals surface area contributed by atoms with Crippen LogP contribution < -0.4 is 0 Å². The van der Waals surface area contributed by atoms with Gasteiger partial charge in [0.25, 0.3) is 0 Å². The Hall–Kier alpha value is -0.240. The lowest BCUT2D eigenvalue weighted by atomic mass is 9.58. The van der Waals surface area contributed by atoms with E-state index in [-0.39, 0.29) is 11.8 Å². The summed E-state index contributed by atoms with van der Waals surface area (Å²) >= 11 is 0. The molecule has 0 aromatic carbocycles. The smallest absolute Gasteiger partial charge is 0.201 e. The van der Waals surface area contributed by atoms with Crippen LogP contribution in [0.25, 0.3) is 0 Å². The van der Waals surface area contributed by atoms with E-state index in [0.717, 1.165) is 25.7 Å². The van der Waals surface area contributed by atoms with Crippen molar-refractivity contribution in [3.05, 3.63) is 0 Å². The van der Waals surface area contributed by atoms with Crippen LogP contribution in [0.3, 0.4) is 0 Å². The van der Waals surface area contributed by atoms with E-state index in [0.29, 0.717) is 11.8 Å². The maximum Gasteiger partial charge on any atom is 0.201 e. The second-order valence-corrected chi connectivity index (χ2v) is 7.38. The van der Waals surface area contributed by atoms with Gasteiger partial charge in [-0.15, -0.1) is 0 Å². The zero-order valence-electron chi connectivity index (χ0n) is 12.8. The molecule has 2 bridgehead atoms. The molecule has 0 aromatic heterocycles. The molecule has 1 aliphatic carbocycles. The van der Waals surface area contributed by atoms with Crippen molar-refractivity contribution in [1.82, 2.24) is 0 Å². The van der Waals surface area contributed by atoms with Crippen LogP contribution in [-0.4, -0.2) is 29.2 Å². The monoisotopic (exact) mass is 300 g/mol. The highest BCUT2D eigenvalue weighted by molar-refractivity contribution is 5.08. The quantitative estimate of drug-likeness (QED) is 0.593. The second-order valence-electron chi connectivity index (χ2n) is 7.38. The highest BCUT2D eigenvalue weighted by Gasteiger charge is 2.69. The summed E-state index contributed by atoms with van der Waals surface area (Å²) in [6.45, 7) is 6.19. The molecule has 5 fully saturated rings. The van der Waals surface area contributed by atoms with Crippen LogP contribution in [0.2, 0.25) is 0 Å². The minimum atomic E-state index is -0.780. The normalized spacial score (nSPS) is 59.4. The first kappa shape index (κ1) is 14.4. The average molecular weight is 300 g/mol. The molecule has 21 heavy (non-hydrogen) atoms. The standard InChI is InChI=1S/C15H24O6/c1-8-4-5-11-9(2)12(19-16)17-13-15(11)10(8)6-7-14(3,18-13)20-21-15/h8-13,16H,4-7H2,1-3H3/t8-,9?,10+,11+,12?,13-,14-,15-/m1/s1. The lowest BCUT2D eigenvalue weighted by Gasteiger charge is -2.59. The Morgan fingerprint density at radius 1 is 1.10 bits per heavy atom. The van der Waals surface area contributed by atoms with E-state index in [2.05, 4.69) is 11.8 Å². The van der Waals surface area contributed by atoms with Crippen LogP contribution in [0, 0.1) is 23.7 Å². The highest BCUT2D eigenvalue weighted by atomic mass is 17.3. The van der Waals surface area contributed by atoms with Crippen molar-refractivity contribution in [2.45, 2.75) is 70.4 Å². The SMILES string of the molecule is CC1C(OO)O[C@@H]2O[C@@]3(C)CC[C@H]4[C@H](C)CC[C@@H]1[C@@]24OO3. The van der Waals surface area contributed by atoms with Gasteiger partial charge in [0.15, 0.2) is 18.2 Å². The van der Waals surface area contributed by atoms with Gasteiger partial charge in [0.05, 0.1) is 0 Å². The minimum absolute atomic E-state index is 0.0240. The first-order valence-corrected chi connectivity index (χ1v) is 8.00. The Balaban J connectivity index is 1.79. The molecule has 4 aliphatic heterocycles. The van der Waals surface area contributed by atoms with Gasteiger partial charge in [0, 0.05) is 18.3 Å². The maximum absolute atomic E-state index is 9.15. The van der Waals surface area contributed by atoms with E-state index in [1.54, 1.807) is 0 Å². The van der Waals surface area contributed by atoms with Crippen LogP contribution in [0.4, 0.5) is 0 Å².